The lowest BCUT2D eigenvalue weighted by molar-refractivity contribution is 0.0687. The molecule has 0 radical (unpaired) electrons. The van der Waals surface area contributed by atoms with E-state index in [1.807, 2.05) is 17.8 Å². The number of aryl methyl sites for hydroxylation is 1. The molecule has 2 unspecified atom stereocenters. The van der Waals surface area contributed by atoms with Crippen molar-refractivity contribution in [2.75, 3.05) is 32.7 Å². The van der Waals surface area contributed by atoms with Crippen LogP contribution in [-0.4, -0.2) is 58.0 Å². The first-order chi connectivity index (χ1) is 13.2. The smallest absolute Gasteiger partial charge is 0.274 e. The number of hydrogen-bond donors (Lipinski definition) is 0. The summed E-state index contributed by atoms with van der Waals surface area (Å²) in [5.41, 5.74) is 0.620. The zero-order valence-electron chi connectivity index (χ0n) is 16.7. The molecule has 0 aromatic carbocycles. The SMILES string of the molecule is Cn1cnc(C(=O)N(CC2CCCCC2)CC2C3CN(CC4CC4)CC32)c1. The van der Waals surface area contributed by atoms with E-state index in [0.29, 0.717) is 11.6 Å². The van der Waals surface area contributed by atoms with Gasteiger partial charge in [0.2, 0.25) is 0 Å². The molecule has 1 aromatic heterocycles. The minimum absolute atomic E-state index is 0.154. The van der Waals surface area contributed by atoms with E-state index in [1.54, 1.807) is 6.33 Å². The van der Waals surface area contributed by atoms with Crippen LogP contribution < -0.4 is 0 Å². The maximum absolute atomic E-state index is 13.2. The molecule has 3 aliphatic carbocycles. The fraction of sp³-hybridized carbons (Fsp3) is 0.818. The van der Waals surface area contributed by atoms with E-state index < -0.39 is 0 Å². The minimum Gasteiger partial charge on any atom is -0.340 e. The Bertz CT molecular complexity index is 664. The predicted molar refractivity (Wildman–Crippen MR) is 105 cm³/mol. The summed E-state index contributed by atoms with van der Waals surface area (Å²) < 4.78 is 1.88. The summed E-state index contributed by atoms with van der Waals surface area (Å²) in [7, 11) is 1.94. The highest BCUT2D eigenvalue weighted by atomic mass is 16.2. The lowest BCUT2D eigenvalue weighted by atomic mass is 9.89. The largest absolute Gasteiger partial charge is 0.340 e. The van der Waals surface area contributed by atoms with Crippen LogP contribution in [0.4, 0.5) is 0 Å². The number of piperidine rings is 1. The van der Waals surface area contributed by atoms with Crippen molar-refractivity contribution < 1.29 is 4.79 Å². The fourth-order valence-corrected chi connectivity index (χ4v) is 5.68. The maximum atomic E-state index is 13.2. The van der Waals surface area contributed by atoms with Gasteiger partial charge in [0.25, 0.3) is 5.91 Å². The quantitative estimate of drug-likeness (QED) is 0.741. The third kappa shape index (κ3) is 3.94. The van der Waals surface area contributed by atoms with Crippen LogP contribution in [0.15, 0.2) is 12.5 Å². The number of likely N-dealkylation sites (tertiary alicyclic amines) is 1. The first-order valence-electron chi connectivity index (χ1n) is 11.2. The molecule has 27 heavy (non-hydrogen) atoms. The molecule has 4 fully saturated rings. The van der Waals surface area contributed by atoms with E-state index in [1.165, 1.54) is 64.6 Å². The number of fused-ring (bicyclic) bond motifs is 1. The molecule has 2 atom stereocenters. The number of carbonyl (C=O) groups is 1. The van der Waals surface area contributed by atoms with Crippen molar-refractivity contribution >= 4 is 5.91 Å². The van der Waals surface area contributed by atoms with Crippen molar-refractivity contribution in [1.29, 1.82) is 0 Å². The van der Waals surface area contributed by atoms with E-state index in [9.17, 15) is 4.79 Å². The molecule has 1 saturated heterocycles. The Morgan fingerprint density at radius 3 is 2.44 bits per heavy atom. The van der Waals surface area contributed by atoms with Crippen molar-refractivity contribution in [2.45, 2.75) is 44.9 Å². The van der Waals surface area contributed by atoms with E-state index in [0.717, 1.165) is 36.8 Å². The van der Waals surface area contributed by atoms with Crippen LogP contribution in [0, 0.1) is 29.6 Å². The van der Waals surface area contributed by atoms with Crippen LogP contribution >= 0.6 is 0 Å². The topological polar surface area (TPSA) is 41.4 Å². The average molecular weight is 371 g/mol. The maximum Gasteiger partial charge on any atom is 0.274 e. The monoisotopic (exact) mass is 370 g/mol. The predicted octanol–water partition coefficient (Wildman–Crippen LogP) is 3.03. The molecular weight excluding hydrogens is 336 g/mol. The van der Waals surface area contributed by atoms with Gasteiger partial charge in [0.05, 0.1) is 6.33 Å². The van der Waals surface area contributed by atoms with Gasteiger partial charge in [-0.15, -0.1) is 0 Å². The first-order valence-corrected chi connectivity index (χ1v) is 11.2. The summed E-state index contributed by atoms with van der Waals surface area (Å²) in [6.45, 7) is 5.79. The second kappa shape index (κ2) is 7.23. The lowest BCUT2D eigenvalue weighted by Gasteiger charge is -2.30. The van der Waals surface area contributed by atoms with E-state index in [2.05, 4.69) is 14.8 Å². The van der Waals surface area contributed by atoms with Crippen LogP contribution in [0.2, 0.25) is 0 Å². The standard InChI is InChI=1S/C22H34N4O/c1-24-14-21(23-15-24)22(27)26(10-16-5-3-2-4-6-16)13-20-18-11-25(12-19(18)20)9-17-7-8-17/h14-20H,2-13H2,1H3. The average Bonchev–Trinajstić information content (AvgIpc) is 3.49. The zero-order chi connectivity index (χ0) is 18.4. The number of hydrogen-bond acceptors (Lipinski definition) is 3. The van der Waals surface area contributed by atoms with Crippen LogP contribution in [0.3, 0.4) is 0 Å². The highest BCUT2D eigenvalue weighted by molar-refractivity contribution is 5.92. The van der Waals surface area contributed by atoms with Gasteiger partial charge in [-0.1, -0.05) is 19.3 Å². The number of amides is 1. The molecule has 5 heteroatoms. The molecule has 1 aromatic rings. The molecular formula is C22H34N4O. The third-order valence-electron chi connectivity index (χ3n) is 7.51. The Morgan fingerprint density at radius 1 is 1.07 bits per heavy atom. The number of imidazole rings is 1. The Balaban J connectivity index is 1.21. The molecule has 3 saturated carbocycles. The molecule has 2 heterocycles. The lowest BCUT2D eigenvalue weighted by Crippen LogP contribution is -2.39. The van der Waals surface area contributed by atoms with Crippen molar-refractivity contribution in [3.8, 4) is 0 Å². The molecule has 5 nitrogen and oxygen atoms in total. The highest BCUT2D eigenvalue weighted by Gasteiger charge is 2.56. The second-order valence-electron chi connectivity index (χ2n) is 9.79. The highest BCUT2D eigenvalue weighted by Crippen LogP contribution is 2.52. The molecule has 5 rings (SSSR count). The van der Waals surface area contributed by atoms with Gasteiger partial charge >= 0.3 is 0 Å². The van der Waals surface area contributed by atoms with E-state index >= 15 is 0 Å². The minimum atomic E-state index is 0.154. The van der Waals surface area contributed by atoms with Gasteiger partial charge in [-0.25, -0.2) is 4.98 Å². The molecule has 1 aliphatic heterocycles. The number of rotatable bonds is 7. The Kier molecular flexibility index (Phi) is 4.75. The van der Waals surface area contributed by atoms with Crippen LogP contribution in [0.5, 0.6) is 0 Å². The van der Waals surface area contributed by atoms with Gasteiger partial charge in [0.1, 0.15) is 5.69 Å². The zero-order valence-corrected chi connectivity index (χ0v) is 16.7. The molecule has 4 aliphatic rings. The second-order valence-corrected chi connectivity index (χ2v) is 9.79. The van der Waals surface area contributed by atoms with Gasteiger partial charge in [0.15, 0.2) is 0 Å². The summed E-state index contributed by atoms with van der Waals surface area (Å²) in [5.74, 6) is 4.26. The summed E-state index contributed by atoms with van der Waals surface area (Å²) in [5, 5.41) is 0. The van der Waals surface area contributed by atoms with Gasteiger partial charge in [-0.2, -0.15) is 0 Å². The molecule has 0 bridgehead atoms. The third-order valence-corrected chi connectivity index (χ3v) is 7.51. The van der Waals surface area contributed by atoms with Gasteiger partial charge in [-0.3, -0.25) is 4.79 Å². The van der Waals surface area contributed by atoms with Crippen molar-refractivity contribution in [3.63, 3.8) is 0 Å². The van der Waals surface area contributed by atoms with E-state index in [-0.39, 0.29) is 5.91 Å². The fourth-order valence-electron chi connectivity index (χ4n) is 5.68. The van der Waals surface area contributed by atoms with Gasteiger partial charge in [-0.05, 0) is 55.3 Å². The van der Waals surface area contributed by atoms with Crippen LogP contribution in [0.25, 0.3) is 0 Å². The number of carbonyl (C=O) groups excluding carboxylic acids is 1. The van der Waals surface area contributed by atoms with Crippen LogP contribution in [-0.2, 0) is 7.05 Å². The Labute approximate surface area is 163 Å². The molecule has 0 spiro atoms. The van der Waals surface area contributed by atoms with Crippen LogP contribution in [0.1, 0.15) is 55.4 Å². The Hall–Kier alpha value is -1.36. The van der Waals surface area contributed by atoms with E-state index in [4.69, 9.17) is 0 Å². The number of nitrogens with zero attached hydrogens (tertiary/aromatic N) is 4. The number of aromatic nitrogens is 2. The molecule has 1 amide bonds. The van der Waals surface area contributed by atoms with Crippen molar-refractivity contribution in [3.05, 3.63) is 18.2 Å². The van der Waals surface area contributed by atoms with Gasteiger partial charge < -0.3 is 14.4 Å². The summed E-state index contributed by atoms with van der Waals surface area (Å²) in [6, 6.07) is 0. The first kappa shape index (κ1) is 17.7. The summed E-state index contributed by atoms with van der Waals surface area (Å²) in [4.78, 5) is 22.4. The Morgan fingerprint density at radius 2 is 1.81 bits per heavy atom. The molecule has 0 N–H and O–H groups in total. The summed E-state index contributed by atoms with van der Waals surface area (Å²) >= 11 is 0. The van der Waals surface area contributed by atoms with Crippen molar-refractivity contribution in [1.82, 2.24) is 19.4 Å². The van der Waals surface area contributed by atoms with Gasteiger partial charge in [0, 0.05) is 46.0 Å². The molecule has 148 valence electrons. The summed E-state index contributed by atoms with van der Waals surface area (Å²) in [6.07, 6.45) is 13.1. The normalized spacial score (nSPS) is 31.1. The van der Waals surface area contributed by atoms with Crippen molar-refractivity contribution in [2.24, 2.45) is 36.6 Å².